The highest BCUT2D eigenvalue weighted by molar-refractivity contribution is 5.94. The van der Waals surface area contributed by atoms with Gasteiger partial charge in [0.25, 0.3) is 5.91 Å². The molecular weight excluding hydrogens is 279 g/mol. The highest BCUT2D eigenvalue weighted by Crippen LogP contribution is 2.25. The van der Waals surface area contributed by atoms with Crippen molar-refractivity contribution in [1.29, 1.82) is 0 Å². The summed E-state index contributed by atoms with van der Waals surface area (Å²) in [7, 11) is 0. The van der Waals surface area contributed by atoms with E-state index < -0.39 is 27.8 Å². The van der Waals surface area contributed by atoms with E-state index in [9.17, 15) is 24.4 Å². The van der Waals surface area contributed by atoms with Crippen LogP contribution in [0.2, 0.25) is 0 Å². The molecule has 0 bridgehead atoms. The Bertz CT molecular complexity index is 521. The summed E-state index contributed by atoms with van der Waals surface area (Å²) in [5.41, 5.74) is -1.13. The molecule has 21 heavy (non-hydrogen) atoms. The molecular formula is C14H19FN2O4. The van der Waals surface area contributed by atoms with Crippen molar-refractivity contribution < 1.29 is 19.2 Å². The largest absolute Gasteiger partial charge is 0.396 e. The van der Waals surface area contributed by atoms with E-state index in [-0.39, 0.29) is 18.7 Å². The Balaban J connectivity index is 2.85. The zero-order chi connectivity index (χ0) is 16.0. The normalized spacial score (nSPS) is 11.2. The molecule has 0 aliphatic heterocycles. The molecule has 116 valence electrons. The number of nitrogens with zero attached hydrogens (tertiary/aromatic N) is 1. The molecule has 6 nitrogen and oxygen atoms in total. The first-order chi connectivity index (χ1) is 9.89. The van der Waals surface area contributed by atoms with Gasteiger partial charge in [-0.25, -0.2) is 0 Å². The SMILES string of the molecule is CCC(CC)(CO)CNC(=O)c1ccc(F)c([N+](=O)[O-])c1. The lowest BCUT2D eigenvalue weighted by molar-refractivity contribution is -0.387. The van der Waals surface area contributed by atoms with Gasteiger partial charge in [-0.1, -0.05) is 13.8 Å². The van der Waals surface area contributed by atoms with Gasteiger partial charge in [0, 0.05) is 23.6 Å². The van der Waals surface area contributed by atoms with Crippen LogP contribution in [-0.4, -0.2) is 29.1 Å². The van der Waals surface area contributed by atoms with Crippen LogP contribution in [0.15, 0.2) is 18.2 Å². The average Bonchev–Trinajstić information content (AvgIpc) is 2.49. The molecule has 0 radical (unpaired) electrons. The Hall–Kier alpha value is -2.02. The zero-order valence-electron chi connectivity index (χ0n) is 12.1. The van der Waals surface area contributed by atoms with Crippen LogP contribution >= 0.6 is 0 Å². The van der Waals surface area contributed by atoms with Crippen LogP contribution in [0.5, 0.6) is 0 Å². The number of aliphatic hydroxyl groups is 1. The Morgan fingerprint density at radius 1 is 1.43 bits per heavy atom. The van der Waals surface area contributed by atoms with Crippen LogP contribution in [0.1, 0.15) is 37.0 Å². The molecule has 0 aliphatic carbocycles. The molecule has 1 aromatic carbocycles. The van der Waals surface area contributed by atoms with Crippen molar-refractivity contribution >= 4 is 11.6 Å². The Kier molecular flexibility index (Phi) is 5.78. The summed E-state index contributed by atoms with van der Waals surface area (Å²) in [4.78, 5) is 21.8. The Morgan fingerprint density at radius 3 is 2.52 bits per heavy atom. The summed E-state index contributed by atoms with van der Waals surface area (Å²) in [5, 5.41) is 22.7. The second-order valence-corrected chi connectivity index (χ2v) is 4.97. The fourth-order valence-corrected chi connectivity index (χ4v) is 1.94. The second kappa shape index (κ2) is 7.12. The molecule has 1 amide bonds. The maximum Gasteiger partial charge on any atom is 0.305 e. The number of benzene rings is 1. The highest BCUT2D eigenvalue weighted by atomic mass is 19.1. The summed E-state index contributed by atoms with van der Waals surface area (Å²) in [6.45, 7) is 4.01. The lowest BCUT2D eigenvalue weighted by atomic mass is 9.83. The number of hydrogen-bond acceptors (Lipinski definition) is 4. The van der Waals surface area contributed by atoms with E-state index in [0.717, 1.165) is 12.1 Å². The number of halogens is 1. The van der Waals surface area contributed by atoms with Crippen molar-refractivity contribution in [2.45, 2.75) is 26.7 Å². The molecule has 1 aromatic rings. The molecule has 0 aliphatic rings. The van der Waals surface area contributed by atoms with Gasteiger partial charge < -0.3 is 10.4 Å². The van der Waals surface area contributed by atoms with Crippen LogP contribution in [0.25, 0.3) is 0 Å². The van der Waals surface area contributed by atoms with Crippen molar-refractivity contribution in [2.75, 3.05) is 13.2 Å². The Morgan fingerprint density at radius 2 is 2.05 bits per heavy atom. The van der Waals surface area contributed by atoms with E-state index in [0.29, 0.717) is 12.8 Å². The number of hydrogen-bond donors (Lipinski definition) is 2. The topological polar surface area (TPSA) is 92.5 Å². The van der Waals surface area contributed by atoms with E-state index in [1.807, 2.05) is 13.8 Å². The standard InChI is InChI=1S/C14H19FN2O4/c1-3-14(4-2,9-18)8-16-13(19)10-5-6-11(15)12(7-10)17(20)21/h5-7,18H,3-4,8-9H2,1-2H3,(H,16,19). The number of nitrogens with one attached hydrogen (secondary N) is 1. The van der Waals surface area contributed by atoms with Crippen LogP contribution in [0, 0.1) is 21.3 Å². The van der Waals surface area contributed by atoms with Gasteiger partial charge in [-0.05, 0) is 25.0 Å². The van der Waals surface area contributed by atoms with Gasteiger partial charge in [0.2, 0.25) is 5.82 Å². The highest BCUT2D eigenvalue weighted by Gasteiger charge is 2.26. The minimum Gasteiger partial charge on any atom is -0.396 e. The first-order valence-corrected chi connectivity index (χ1v) is 6.72. The van der Waals surface area contributed by atoms with Crippen LogP contribution in [0.4, 0.5) is 10.1 Å². The van der Waals surface area contributed by atoms with E-state index in [1.165, 1.54) is 6.07 Å². The van der Waals surface area contributed by atoms with E-state index in [4.69, 9.17) is 0 Å². The molecule has 0 saturated carbocycles. The van der Waals surface area contributed by atoms with Gasteiger partial charge in [-0.3, -0.25) is 14.9 Å². The van der Waals surface area contributed by atoms with Gasteiger partial charge in [0.15, 0.2) is 0 Å². The van der Waals surface area contributed by atoms with Crippen molar-refractivity contribution in [3.8, 4) is 0 Å². The Labute approximate surface area is 122 Å². The second-order valence-electron chi connectivity index (χ2n) is 4.97. The summed E-state index contributed by atoms with van der Waals surface area (Å²) in [5.74, 6) is -1.51. The quantitative estimate of drug-likeness (QED) is 0.596. The molecule has 0 spiro atoms. The number of nitro benzene ring substituents is 1. The van der Waals surface area contributed by atoms with Crippen LogP contribution in [-0.2, 0) is 0 Å². The molecule has 0 saturated heterocycles. The lowest BCUT2D eigenvalue weighted by Crippen LogP contribution is -2.39. The van der Waals surface area contributed by atoms with Gasteiger partial charge in [0.05, 0.1) is 11.5 Å². The molecule has 0 atom stereocenters. The number of carbonyl (C=O) groups excluding carboxylic acids is 1. The molecule has 0 unspecified atom stereocenters. The first kappa shape index (κ1) is 17.0. The molecule has 0 aromatic heterocycles. The van der Waals surface area contributed by atoms with Gasteiger partial charge in [0.1, 0.15) is 0 Å². The molecule has 1 rings (SSSR count). The third-order valence-electron chi connectivity index (χ3n) is 3.86. The van der Waals surface area contributed by atoms with Crippen molar-refractivity contribution in [1.82, 2.24) is 5.32 Å². The zero-order valence-corrected chi connectivity index (χ0v) is 12.1. The minimum absolute atomic E-state index is 0.0159. The number of nitro groups is 1. The first-order valence-electron chi connectivity index (χ1n) is 6.72. The molecule has 0 heterocycles. The smallest absolute Gasteiger partial charge is 0.305 e. The van der Waals surface area contributed by atoms with E-state index >= 15 is 0 Å². The van der Waals surface area contributed by atoms with Gasteiger partial charge >= 0.3 is 5.69 Å². The van der Waals surface area contributed by atoms with E-state index in [1.54, 1.807) is 0 Å². The fraction of sp³-hybridized carbons (Fsp3) is 0.500. The average molecular weight is 298 g/mol. The fourth-order valence-electron chi connectivity index (χ4n) is 1.94. The van der Waals surface area contributed by atoms with Gasteiger partial charge in [-0.15, -0.1) is 0 Å². The van der Waals surface area contributed by atoms with E-state index in [2.05, 4.69) is 5.32 Å². The van der Waals surface area contributed by atoms with Crippen molar-refractivity contribution in [2.24, 2.45) is 5.41 Å². The van der Waals surface area contributed by atoms with Gasteiger partial charge in [-0.2, -0.15) is 4.39 Å². The molecule has 7 heteroatoms. The summed E-state index contributed by atoms with van der Waals surface area (Å²) in [6, 6.07) is 2.99. The maximum absolute atomic E-state index is 13.2. The molecule has 0 fully saturated rings. The maximum atomic E-state index is 13.2. The predicted molar refractivity (Wildman–Crippen MR) is 75.5 cm³/mol. The predicted octanol–water partition coefficient (Wildman–Crippen LogP) is 2.26. The number of carbonyl (C=O) groups is 1. The number of amides is 1. The number of rotatable bonds is 7. The van der Waals surface area contributed by atoms with Crippen LogP contribution < -0.4 is 5.32 Å². The molecule has 2 N–H and O–H groups in total. The van der Waals surface area contributed by atoms with Crippen molar-refractivity contribution in [3.05, 3.63) is 39.7 Å². The monoisotopic (exact) mass is 298 g/mol. The summed E-state index contributed by atoms with van der Waals surface area (Å²) in [6.07, 6.45) is 1.37. The summed E-state index contributed by atoms with van der Waals surface area (Å²) >= 11 is 0. The van der Waals surface area contributed by atoms with Crippen molar-refractivity contribution in [3.63, 3.8) is 0 Å². The third-order valence-corrected chi connectivity index (χ3v) is 3.86. The number of aliphatic hydroxyl groups excluding tert-OH is 1. The lowest BCUT2D eigenvalue weighted by Gasteiger charge is -2.29. The summed E-state index contributed by atoms with van der Waals surface area (Å²) < 4.78 is 13.2. The van der Waals surface area contributed by atoms with Crippen LogP contribution in [0.3, 0.4) is 0 Å². The minimum atomic E-state index is -0.983. The third kappa shape index (κ3) is 3.98.